The summed E-state index contributed by atoms with van der Waals surface area (Å²) in [7, 11) is 3.28. The highest BCUT2D eigenvalue weighted by Gasteiger charge is 2.08. The molecule has 0 amide bonds. The van der Waals surface area contributed by atoms with Crippen LogP contribution in [-0.2, 0) is 13.7 Å². The number of aryl methyl sites for hydroxylation is 1. The van der Waals surface area contributed by atoms with E-state index < -0.39 is 5.82 Å². The first-order chi connectivity index (χ1) is 13.5. The molecular formula is C21H18ClFN2O3. The molecule has 0 saturated heterocycles. The van der Waals surface area contributed by atoms with Crippen molar-refractivity contribution in [3.63, 3.8) is 0 Å². The smallest absolute Gasteiger partial charge is 0.203 e. The van der Waals surface area contributed by atoms with Crippen molar-refractivity contribution in [3.05, 3.63) is 82.4 Å². The minimum absolute atomic E-state index is 0.00479. The van der Waals surface area contributed by atoms with Crippen LogP contribution in [0.15, 0.2) is 54.7 Å². The summed E-state index contributed by atoms with van der Waals surface area (Å²) >= 11 is 5.78. The van der Waals surface area contributed by atoms with Crippen molar-refractivity contribution in [2.75, 3.05) is 7.11 Å². The summed E-state index contributed by atoms with van der Waals surface area (Å²) in [6.07, 6.45) is 4.78. The molecule has 0 fully saturated rings. The fourth-order valence-electron chi connectivity index (χ4n) is 2.62. The number of aromatic nitrogens is 2. The fourth-order valence-corrected chi connectivity index (χ4v) is 2.79. The summed E-state index contributed by atoms with van der Waals surface area (Å²) in [5.41, 5.74) is 2.09. The molecule has 0 saturated carbocycles. The third-order valence-corrected chi connectivity index (χ3v) is 4.38. The topological polar surface area (TPSA) is 53.3 Å². The van der Waals surface area contributed by atoms with Gasteiger partial charge in [-0.3, -0.25) is 9.48 Å². The van der Waals surface area contributed by atoms with E-state index in [-0.39, 0.29) is 17.4 Å². The van der Waals surface area contributed by atoms with Crippen LogP contribution in [-0.4, -0.2) is 22.7 Å². The number of benzene rings is 2. The second-order valence-corrected chi connectivity index (χ2v) is 6.38. The molecule has 3 rings (SSSR count). The van der Waals surface area contributed by atoms with E-state index in [1.807, 2.05) is 12.1 Å². The first-order valence-corrected chi connectivity index (χ1v) is 8.81. The van der Waals surface area contributed by atoms with E-state index in [1.54, 1.807) is 38.6 Å². The lowest BCUT2D eigenvalue weighted by Gasteiger charge is -2.11. The number of allylic oxidation sites excluding steroid dienone is 1. The Morgan fingerprint density at radius 1 is 1.25 bits per heavy atom. The molecule has 0 aliphatic rings. The van der Waals surface area contributed by atoms with Gasteiger partial charge >= 0.3 is 0 Å². The summed E-state index contributed by atoms with van der Waals surface area (Å²) < 4.78 is 25.8. The zero-order valence-electron chi connectivity index (χ0n) is 15.4. The Labute approximate surface area is 167 Å². The van der Waals surface area contributed by atoms with E-state index in [4.69, 9.17) is 21.1 Å². The number of ketones is 1. The van der Waals surface area contributed by atoms with Crippen LogP contribution in [0.5, 0.6) is 11.5 Å². The van der Waals surface area contributed by atoms with Gasteiger partial charge in [0, 0.05) is 24.9 Å². The predicted molar refractivity (Wildman–Crippen MR) is 105 cm³/mol. The Kier molecular flexibility index (Phi) is 6.11. The summed E-state index contributed by atoms with van der Waals surface area (Å²) in [5, 5.41) is 3.99. The van der Waals surface area contributed by atoms with Gasteiger partial charge in [0.15, 0.2) is 0 Å². The van der Waals surface area contributed by atoms with Gasteiger partial charge in [-0.2, -0.15) is 5.10 Å². The summed E-state index contributed by atoms with van der Waals surface area (Å²) in [6, 6.07) is 11.3. The van der Waals surface area contributed by atoms with Crippen molar-refractivity contribution >= 4 is 23.5 Å². The SMILES string of the molecule is COc1ccc(/C=C/C(=O)c2ccnn2C)cc1COc1ccc(F)c(Cl)c1. The van der Waals surface area contributed by atoms with Crippen LogP contribution >= 0.6 is 11.6 Å². The number of hydrogen-bond donors (Lipinski definition) is 0. The van der Waals surface area contributed by atoms with Gasteiger partial charge < -0.3 is 9.47 Å². The van der Waals surface area contributed by atoms with E-state index >= 15 is 0 Å². The van der Waals surface area contributed by atoms with E-state index in [9.17, 15) is 9.18 Å². The van der Waals surface area contributed by atoms with Crippen LogP contribution in [0.3, 0.4) is 0 Å². The lowest BCUT2D eigenvalue weighted by atomic mass is 10.1. The van der Waals surface area contributed by atoms with Crippen LogP contribution in [0.4, 0.5) is 4.39 Å². The van der Waals surface area contributed by atoms with Gasteiger partial charge in [-0.1, -0.05) is 23.7 Å². The third-order valence-electron chi connectivity index (χ3n) is 4.09. The van der Waals surface area contributed by atoms with Crippen molar-refractivity contribution in [1.82, 2.24) is 9.78 Å². The molecule has 0 aliphatic heterocycles. The second-order valence-electron chi connectivity index (χ2n) is 5.97. The molecule has 1 aromatic heterocycles. The quantitative estimate of drug-likeness (QED) is 0.426. The van der Waals surface area contributed by atoms with E-state index in [1.165, 1.54) is 29.0 Å². The second kappa shape index (κ2) is 8.71. The summed E-state index contributed by atoms with van der Waals surface area (Å²) in [5.74, 6) is 0.440. The van der Waals surface area contributed by atoms with Gasteiger partial charge in [-0.15, -0.1) is 0 Å². The molecule has 2 aromatic carbocycles. The molecule has 0 N–H and O–H groups in total. The highest BCUT2D eigenvalue weighted by molar-refractivity contribution is 6.30. The molecule has 0 bridgehead atoms. The molecule has 0 aliphatic carbocycles. The molecule has 28 heavy (non-hydrogen) atoms. The van der Waals surface area contributed by atoms with Crippen molar-refractivity contribution < 1.29 is 18.7 Å². The number of carbonyl (C=O) groups excluding carboxylic acids is 1. The maximum atomic E-state index is 13.3. The highest BCUT2D eigenvalue weighted by Crippen LogP contribution is 2.25. The number of rotatable bonds is 7. The van der Waals surface area contributed by atoms with Gasteiger partial charge in [0.05, 0.1) is 12.1 Å². The Bertz CT molecular complexity index is 1030. The Morgan fingerprint density at radius 3 is 2.75 bits per heavy atom. The molecule has 0 unspecified atom stereocenters. The van der Waals surface area contributed by atoms with E-state index in [2.05, 4.69) is 5.10 Å². The first-order valence-electron chi connectivity index (χ1n) is 8.43. The van der Waals surface area contributed by atoms with E-state index in [0.29, 0.717) is 17.2 Å². The van der Waals surface area contributed by atoms with Gasteiger partial charge in [0.1, 0.15) is 29.6 Å². The van der Waals surface area contributed by atoms with Crippen molar-refractivity contribution in [2.24, 2.45) is 7.05 Å². The van der Waals surface area contributed by atoms with E-state index in [0.717, 1.165) is 11.1 Å². The number of hydrogen-bond acceptors (Lipinski definition) is 4. The Balaban J connectivity index is 1.75. The summed E-state index contributed by atoms with van der Waals surface area (Å²) in [6.45, 7) is 0.197. The van der Waals surface area contributed by atoms with Crippen LogP contribution in [0.25, 0.3) is 6.08 Å². The number of ether oxygens (including phenoxy) is 2. The first kappa shape index (κ1) is 19.6. The predicted octanol–water partition coefficient (Wildman–Crippen LogP) is 4.70. The lowest BCUT2D eigenvalue weighted by Crippen LogP contribution is -2.03. The highest BCUT2D eigenvalue weighted by atomic mass is 35.5. The number of carbonyl (C=O) groups is 1. The maximum Gasteiger partial charge on any atom is 0.203 e. The zero-order chi connectivity index (χ0) is 20.1. The molecule has 3 aromatic rings. The Hall–Kier alpha value is -3.12. The Morgan fingerprint density at radius 2 is 2.07 bits per heavy atom. The van der Waals surface area contributed by atoms with Gasteiger partial charge in [0.25, 0.3) is 0 Å². The van der Waals surface area contributed by atoms with Crippen LogP contribution in [0.1, 0.15) is 21.6 Å². The normalized spacial score (nSPS) is 11.0. The minimum Gasteiger partial charge on any atom is -0.496 e. The van der Waals surface area contributed by atoms with Crippen LogP contribution < -0.4 is 9.47 Å². The average Bonchev–Trinajstić information content (AvgIpc) is 3.13. The number of nitrogens with zero attached hydrogens (tertiary/aromatic N) is 2. The number of halogens is 2. The monoisotopic (exact) mass is 400 g/mol. The largest absolute Gasteiger partial charge is 0.496 e. The number of methoxy groups -OCH3 is 1. The standard InChI is InChI=1S/C21H18ClFN2O3/c1-25-19(9-10-24-25)20(26)7-3-14-4-8-21(27-2)15(11-14)13-28-16-5-6-18(23)17(22)12-16/h3-12H,13H2,1-2H3/b7-3+. The molecule has 7 heteroatoms. The third kappa shape index (κ3) is 4.58. The van der Waals surface area contributed by atoms with Gasteiger partial charge in [-0.25, -0.2) is 4.39 Å². The molecule has 5 nitrogen and oxygen atoms in total. The van der Waals surface area contributed by atoms with Crippen LogP contribution in [0, 0.1) is 5.82 Å². The molecule has 1 heterocycles. The van der Waals surface area contributed by atoms with Crippen molar-refractivity contribution in [1.29, 1.82) is 0 Å². The molecule has 144 valence electrons. The molecule has 0 atom stereocenters. The van der Waals surface area contributed by atoms with Gasteiger partial charge in [0.2, 0.25) is 5.78 Å². The fraction of sp³-hybridized carbons (Fsp3) is 0.143. The molecule has 0 radical (unpaired) electrons. The van der Waals surface area contributed by atoms with Gasteiger partial charge in [-0.05, 0) is 42.0 Å². The summed E-state index contributed by atoms with van der Waals surface area (Å²) in [4.78, 5) is 12.2. The van der Waals surface area contributed by atoms with Crippen LogP contribution in [0.2, 0.25) is 5.02 Å². The van der Waals surface area contributed by atoms with Crippen molar-refractivity contribution in [3.8, 4) is 11.5 Å². The molecular weight excluding hydrogens is 383 g/mol. The lowest BCUT2D eigenvalue weighted by molar-refractivity contribution is 0.103. The minimum atomic E-state index is -0.503. The zero-order valence-corrected chi connectivity index (χ0v) is 16.1. The average molecular weight is 401 g/mol. The maximum absolute atomic E-state index is 13.3. The van der Waals surface area contributed by atoms with Crippen molar-refractivity contribution in [2.45, 2.75) is 6.61 Å². The molecule has 0 spiro atoms.